The quantitative estimate of drug-likeness (QED) is 0.865. The largest absolute Gasteiger partial charge is 0.481 e. The van der Waals surface area contributed by atoms with Crippen LogP contribution in [0.25, 0.3) is 0 Å². The number of pyridine rings is 1. The number of carbonyl (C=O) groups is 1. The Morgan fingerprint density at radius 2 is 2.12 bits per heavy atom. The van der Waals surface area contributed by atoms with E-state index in [0.717, 1.165) is 0 Å². The minimum Gasteiger partial charge on any atom is -0.481 e. The molecule has 3 rings (SSSR count). The van der Waals surface area contributed by atoms with Gasteiger partial charge < -0.3 is 19.7 Å². The predicted octanol–water partition coefficient (Wildman–Crippen LogP) is 2.97. The number of amides is 1. The fourth-order valence-corrected chi connectivity index (χ4v) is 2.88. The Hall–Kier alpha value is -2.38. The van der Waals surface area contributed by atoms with Crippen LogP contribution in [0.5, 0.6) is 5.88 Å². The van der Waals surface area contributed by atoms with Crippen LogP contribution in [0.4, 0.5) is 10.1 Å². The van der Waals surface area contributed by atoms with E-state index in [1.54, 1.807) is 23.1 Å². The highest BCUT2D eigenvalue weighted by Gasteiger charge is 2.20. The second-order valence-corrected chi connectivity index (χ2v) is 6.14. The summed E-state index contributed by atoms with van der Waals surface area (Å²) in [7, 11) is 1.47. The van der Waals surface area contributed by atoms with Crippen LogP contribution in [0, 0.1) is 5.82 Å². The van der Waals surface area contributed by atoms with Crippen molar-refractivity contribution in [2.45, 2.75) is 6.54 Å². The Labute approximate surface area is 155 Å². The lowest BCUT2D eigenvalue weighted by Gasteiger charge is -2.27. The van der Waals surface area contributed by atoms with E-state index >= 15 is 0 Å². The van der Waals surface area contributed by atoms with E-state index in [-0.39, 0.29) is 18.1 Å². The average Bonchev–Trinajstić information content (AvgIpc) is 2.67. The summed E-state index contributed by atoms with van der Waals surface area (Å²) in [6, 6.07) is 7.81. The van der Waals surface area contributed by atoms with E-state index in [9.17, 15) is 9.18 Å². The molecule has 8 heteroatoms. The second-order valence-electron chi connectivity index (χ2n) is 5.73. The van der Waals surface area contributed by atoms with Crippen LogP contribution < -0.4 is 10.1 Å². The fraction of sp³-hybridized carbons (Fsp3) is 0.333. The molecule has 1 aromatic heterocycles. The van der Waals surface area contributed by atoms with Crippen LogP contribution in [0.3, 0.4) is 0 Å². The third-order valence-corrected chi connectivity index (χ3v) is 4.37. The molecule has 0 atom stereocenters. The number of nitrogens with one attached hydrogen (secondary N) is 1. The van der Waals surface area contributed by atoms with E-state index in [2.05, 4.69) is 10.3 Å². The number of nitrogens with zero attached hydrogens (tertiary/aromatic N) is 2. The number of methoxy groups -OCH3 is 1. The third-order valence-electron chi connectivity index (χ3n) is 4.06. The maximum absolute atomic E-state index is 13.8. The van der Waals surface area contributed by atoms with Crippen LogP contribution in [0.1, 0.15) is 16.1 Å². The van der Waals surface area contributed by atoms with Crippen molar-refractivity contribution in [3.63, 3.8) is 0 Å². The van der Waals surface area contributed by atoms with Gasteiger partial charge in [0.15, 0.2) is 0 Å². The number of hydrogen-bond acceptors (Lipinski definition) is 5. The second kappa shape index (κ2) is 8.33. The van der Waals surface area contributed by atoms with Gasteiger partial charge in [0, 0.05) is 24.8 Å². The number of carbonyl (C=O) groups excluding carboxylic acids is 1. The first-order chi connectivity index (χ1) is 12.6. The van der Waals surface area contributed by atoms with Crippen LogP contribution in [-0.2, 0) is 11.3 Å². The lowest BCUT2D eigenvalue weighted by Crippen LogP contribution is -2.40. The van der Waals surface area contributed by atoms with Gasteiger partial charge in [-0.2, -0.15) is 0 Å². The molecule has 0 spiro atoms. The molecule has 0 aliphatic carbocycles. The van der Waals surface area contributed by atoms with Gasteiger partial charge in [-0.25, -0.2) is 9.37 Å². The first-order valence-corrected chi connectivity index (χ1v) is 8.56. The van der Waals surface area contributed by atoms with Crippen molar-refractivity contribution in [3.8, 4) is 5.88 Å². The molecule has 138 valence electrons. The fourth-order valence-electron chi connectivity index (χ4n) is 2.62. The van der Waals surface area contributed by atoms with Crippen molar-refractivity contribution in [2.75, 3.05) is 38.7 Å². The standard InChI is InChI=1S/C18H19ClFN3O3/c1-25-17-5-4-15(20)16(22-17)11-21-12-2-3-13(14(19)10-12)18(24)23-6-8-26-9-7-23/h2-5,10,21H,6-9,11H2,1H3. The minimum absolute atomic E-state index is 0.120. The van der Waals surface area contributed by atoms with E-state index in [0.29, 0.717) is 48.5 Å². The zero-order valence-corrected chi connectivity index (χ0v) is 15.1. The summed E-state index contributed by atoms with van der Waals surface area (Å²) in [5.41, 5.74) is 1.33. The van der Waals surface area contributed by atoms with E-state index in [4.69, 9.17) is 21.1 Å². The minimum atomic E-state index is -0.427. The molecule has 0 saturated carbocycles. The first-order valence-electron chi connectivity index (χ1n) is 8.18. The summed E-state index contributed by atoms with van der Waals surface area (Å²) in [4.78, 5) is 18.3. The van der Waals surface area contributed by atoms with Crippen molar-refractivity contribution in [3.05, 3.63) is 52.4 Å². The Morgan fingerprint density at radius 3 is 2.81 bits per heavy atom. The SMILES string of the molecule is COc1ccc(F)c(CNc2ccc(C(=O)N3CCOCC3)c(Cl)c2)n1. The molecule has 1 aliphatic heterocycles. The highest BCUT2D eigenvalue weighted by Crippen LogP contribution is 2.23. The molecular weight excluding hydrogens is 361 g/mol. The predicted molar refractivity (Wildman–Crippen MR) is 96.2 cm³/mol. The maximum Gasteiger partial charge on any atom is 0.255 e. The highest BCUT2D eigenvalue weighted by molar-refractivity contribution is 6.34. The Kier molecular flexibility index (Phi) is 5.90. The van der Waals surface area contributed by atoms with Crippen LogP contribution >= 0.6 is 11.6 Å². The molecule has 1 N–H and O–H groups in total. The molecule has 26 heavy (non-hydrogen) atoms. The molecule has 2 heterocycles. The number of benzene rings is 1. The van der Waals surface area contributed by atoms with Gasteiger partial charge in [0.1, 0.15) is 5.82 Å². The summed E-state index contributed by atoms with van der Waals surface area (Å²) < 4.78 is 24.1. The van der Waals surface area contributed by atoms with E-state index in [1.807, 2.05) is 0 Å². The molecule has 1 amide bonds. The number of ether oxygens (including phenoxy) is 2. The first kappa shape index (κ1) is 18.4. The van der Waals surface area contributed by atoms with Gasteiger partial charge in [0.25, 0.3) is 5.91 Å². The summed E-state index contributed by atoms with van der Waals surface area (Å²) >= 11 is 6.28. The third kappa shape index (κ3) is 4.23. The smallest absolute Gasteiger partial charge is 0.255 e. The van der Waals surface area contributed by atoms with Gasteiger partial charge in [-0.15, -0.1) is 0 Å². The van der Waals surface area contributed by atoms with Crippen LogP contribution in [0.15, 0.2) is 30.3 Å². The van der Waals surface area contributed by atoms with Crippen molar-refractivity contribution in [1.29, 1.82) is 0 Å². The zero-order chi connectivity index (χ0) is 18.5. The number of morpholine rings is 1. The van der Waals surface area contributed by atoms with Crippen LogP contribution in [-0.4, -0.2) is 49.2 Å². The molecule has 2 aromatic rings. The number of rotatable bonds is 5. The van der Waals surface area contributed by atoms with Gasteiger partial charge in [-0.3, -0.25) is 4.79 Å². The normalized spacial score (nSPS) is 14.2. The van der Waals surface area contributed by atoms with Crippen molar-refractivity contribution >= 4 is 23.2 Å². The van der Waals surface area contributed by atoms with Gasteiger partial charge in [-0.1, -0.05) is 11.6 Å². The van der Waals surface area contributed by atoms with Crippen molar-refractivity contribution < 1.29 is 18.7 Å². The van der Waals surface area contributed by atoms with Crippen LogP contribution in [0.2, 0.25) is 5.02 Å². The molecule has 1 fully saturated rings. The number of aromatic nitrogens is 1. The molecule has 0 unspecified atom stereocenters. The number of hydrogen-bond donors (Lipinski definition) is 1. The molecule has 0 bridgehead atoms. The van der Waals surface area contributed by atoms with Crippen molar-refractivity contribution in [2.24, 2.45) is 0 Å². The van der Waals surface area contributed by atoms with E-state index < -0.39 is 5.82 Å². The van der Waals surface area contributed by atoms with Gasteiger partial charge in [0.2, 0.25) is 5.88 Å². The Morgan fingerprint density at radius 1 is 1.35 bits per heavy atom. The monoisotopic (exact) mass is 379 g/mol. The summed E-state index contributed by atoms with van der Waals surface area (Å²) in [6.07, 6.45) is 0. The Balaban J connectivity index is 1.68. The highest BCUT2D eigenvalue weighted by atomic mass is 35.5. The average molecular weight is 380 g/mol. The van der Waals surface area contributed by atoms with Crippen molar-refractivity contribution in [1.82, 2.24) is 9.88 Å². The molecule has 1 aliphatic rings. The molecule has 1 saturated heterocycles. The summed E-state index contributed by atoms with van der Waals surface area (Å²) in [6.45, 7) is 2.33. The zero-order valence-electron chi connectivity index (χ0n) is 14.3. The summed E-state index contributed by atoms with van der Waals surface area (Å²) in [5.74, 6) is -0.207. The summed E-state index contributed by atoms with van der Waals surface area (Å²) in [5, 5.41) is 3.39. The maximum atomic E-state index is 13.8. The Bertz CT molecular complexity index is 797. The number of anilines is 1. The molecular formula is C18H19ClFN3O3. The molecule has 6 nitrogen and oxygen atoms in total. The lowest BCUT2D eigenvalue weighted by molar-refractivity contribution is 0.0303. The lowest BCUT2D eigenvalue weighted by atomic mass is 10.1. The van der Waals surface area contributed by atoms with E-state index in [1.165, 1.54) is 19.2 Å². The van der Waals surface area contributed by atoms with Gasteiger partial charge in [0.05, 0.1) is 43.1 Å². The number of halogens is 2. The van der Waals surface area contributed by atoms with Gasteiger partial charge in [-0.05, 0) is 24.3 Å². The molecule has 1 aromatic carbocycles. The topological polar surface area (TPSA) is 63.7 Å². The van der Waals surface area contributed by atoms with Gasteiger partial charge >= 0.3 is 0 Å². The molecule has 0 radical (unpaired) electrons.